The number of rotatable bonds is 7. The zero-order valence-corrected chi connectivity index (χ0v) is 17.2. The monoisotopic (exact) mass is 411 g/mol. The van der Waals surface area contributed by atoms with Crippen LogP contribution in [0.4, 0.5) is 4.39 Å². The van der Waals surface area contributed by atoms with Gasteiger partial charge < -0.3 is 15.1 Å². The fraction of sp³-hybridized carbons (Fsp3) is 0.348. The molecule has 2 aromatic carbocycles. The van der Waals surface area contributed by atoms with Crippen molar-refractivity contribution in [1.29, 1.82) is 0 Å². The van der Waals surface area contributed by atoms with Crippen molar-refractivity contribution in [3.05, 3.63) is 71.0 Å². The predicted molar refractivity (Wildman–Crippen MR) is 111 cm³/mol. The second-order valence-electron chi connectivity index (χ2n) is 7.48. The Bertz CT molecular complexity index is 930. The number of carbonyl (C=O) groups excluding carboxylic acids is 3. The molecule has 3 rings (SSSR count). The summed E-state index contributed by atoms with van der Waals surface area (Å²) in [7, 11) is 0. The first-order valence-electron chi connectivity index (χ1n) is 10.1. The summed E-state index contributed by atoms with van der Waals surface area (Å²) in [5, 5.41) is 2.87. The number of piperazine rings is 1. The van der Waals surface area contributed by atoms with Crippen LogP contribution in [-0.2, 0) is 27.5 Å². The average Bonchev–Trinajstić information content (AvgIpc) is 2.73. The van der Waals surface area contributed by atoms with Crippen molar-refractivity contribution >= 4 is 17.7 Å². The van der Waals surface area contributed by atoms with Crippen LogP contribution in [0.25, 0.3) is 0 Å². The molecule has 6 nitrogen and oxygen atoms in total. The normalized spacial score (nSPS) is 15.3. The Labute approximate surface area is 175 Å². The molecule has 0 unspecified atom stereocenters. The van der Waals surface area contributed by atoms with Gasteiger partial charge in [-0.2, -0.15) is 0 Å². The lowest BCUT2D eigenvalue weighted by Gasteiger charge is -2.37. The van der Waals surface area contributed by atoms with Gasteiger partial charge in [0.15, 0.2) is 0 Å². The molecular weight excluding hydrogens is 385 g/mol. The molecule has 0 saturated carbocycles. The van der Waals surface area contributed by atoms with E-state index in [2.05, 4.69) is 5.32 Å². The molecule has 1 aliphatic rings. The first-order chi connectivity index (χ1) is 14.4. The van der Waals surface area contributed by atoms with Crippen molar-refractivity contribution in [2.24, 2.45) is 0 Å². The third kappa shape index (κ3) is 5.03. The van der Waals surface area contributed by atoms with Crippen molar-refractivity contribution in [1.82, 2.24) is 15.1 Å². The first kappa shape index (κ1) is 21.5. The van der Waals surface area contributed by atoms with E-state index in [1.807, 2.05) is 38.1 Å². The fourth-order valence-corrected chi connectivity index (χ4v) is 3.62. The van der Waals surface area contributed by atoms with E-state index in [-0.39, 0.29) is 24.8 Å². The van der Waals surface area contributed by atoms with Crippen molar-refractivity contribution in [2.75, 3.05) is 13.1 Å². The molecule has 7 heteroatoms. The Morgan fingerprint density at radius 2 is 1.80 bits per heavy atom. The molecular formula is C23H26FN3O3. The number of hydrogen-bond donors (Lipinski definition) is 1. The van der Waals surface area contributed by atoms with Gasteiger partial charge in [0.1, 0.15) is 11.9 Å². The molecule has 2 aromatic rings. The number of hydrogen-bond acceptors (Lipinski definition) is 3. The van der Waals surface area contributed by atoms with E-state index in [9.17, 15) is 18.8 Å². The number of halogens is 1. The van der Waals surface area contributed by atoms with E-state index < -0.39 is 17.9 Å². The molecule has 0 aromatic heterocycles. The van der Waals surface area contributed by atoms with Crippen LogP contribution >= 0.6 is 0 Å². The minimum atomic E-state index is -0.695. The second-order valence-corrected chi connectivity index (χ2v) is 7.48. The number of amides is 3. The quantitative estimate of drug-likeness (QED) is 0.712. The van der Waals surface area contributed by atoms with Crippen LogP contribution in [-0.4, -0.2) is 46.7 Å². The Balaban J connectivity index is 1.61. The summed E-state index contributed by atoms with van der Waals surface area (Å²) in [5.74, 6) is -1.95. The average molecular weight is 411 g/mol. The molecule has 1 atom stereocenters. The van der Waals surface area contributed by atoms with Gasteiger partial charge in [-0.25, -0.2) is 4.39 Å². The molecule has 1 N–H and O–H groups in total. The molecule has 0 bridgehead atoms. The number of carbonyl (C=O) groups is 3. The Morgan fingerprint density at radius 3 is 2.47 bits per heavy atom. The molecule has 1 fully saturated rings. The van der Waals surface area contributed by atoms with Gasteiger partial charge in [0.05, 0.1) is 0 Å². The van der Waals surface area contributed by atoms with E-state index in [4.69, 9.17) is 0 Å². The molecule has 1 saturated heterocycles. The van der Waals surface area contributed by atoms with Gasteiger partial charge in [0, 0.05) is 26.2 Å². The highest BCUT2D eigenvalue weighted by Crippen LogP contribution is 2.15. The lowest BCUT2D eigenvalue weighted by molar-refractivity contribution is -0.159. The van der Waals surface area contributed by atoms with Gasteiger partial charge in [-0.3, -0.25) is 14.4 Å². The first-order valence-corrected chi connectivity index (χ1v) is 10.1. The van der Waals surface area contributed by atoms with Crippen LogP contribution < -0.4 is 5.32 Å². The highest BCUT2D eigenvalue weighted by Gasteiger charge is 2.38. The summed E-state index contributed by atoms with van der Waals surface area (Å²) >= 11 is 0. The van der Waals surface area contributed by atoms with Crippen LogP contribution in [0.5, 0.6) is 0 Å². The van der Waals surface area contributed by atoms with Gasteiger partial charge in [0.2, 0.25) is 5.91 Å². The Morgan fingerprint density at radius 1 is 1.07 bits per heavy atom. The van der Waals surface area contributed by atoms with E-state index in [1.54, 1.807) is 12.1 Å². The third-order valence-electron chi connectivity index (χ3n) is 5.24. The predicted octanol–water partition coefficient (Wildman–Crippen LogP) is 2.40. The van der Waals surface area contributed by atoms with Crippen LogP contribution in [0.1, 0.15) is 30.0 Å². The van der Waals surface area contributed by atoms with E-state index in [1.165, 1.54) is 21.9 Å². The highest BCUT2D eigenvalue weighted by atomic mass is 19.1. The summed E-state index contributed by atoms with van der Waals surface area (Å²) < 4.78 is 13.1. The van der Waals surface area contributed by atoms with Crippen molar-refractivity contribution in [3.8, 4) is 0 Å². The summed E-state index contributed by atoms with van der Waals surface area (Å²) in [6, 6.07) is 13.0. The van der Waals surface area contributed by atoms with Gasteiger partial charge in [-0.1, -0.05) is 48.9 Å². The van der Waals surface area contributed by atoms with Gasteiger partial charge in [-0.05, 0) is 36.6 Å². The largest absolute Gasteiger partial charge is 0.350 e. The topological polar surface area (TPSA) is 69.7 Å². The Kier molecular flexibility index (Phi) is 6.82. The van der Waals surface area contributed by atoms with E-state index in [0.717, 1.165) is 16.7 Å². The SMILES string of the molecule is CC[C@@H](C(=O)NCc1cccc(C)c1)N1CCN(Cc2ccc(F)cc2)C(=O)C1=O. The van der Waals surface area contributed by atoms with Gasteiger partial charge >= 0.3 is 11.8 Å². The minimum absolute atomic E-state index is 0.231. The molecule has 0 aliphatic carbocycles. The zero-order valence-electron chi connectivity index (χ0n) is 17.2. The number of nitrogens with one attached hydrogen (secondary N) is 1. The van der Waals surface area contributed by atoms with Crippen molar-refractivity contribution < 1.29 is 18.8 Å². The number of aryl methyl sites for hydroxylation is 1. The number of nitrogens with zero attached hydrogens (tertiary/aromatic N) is 2. The molecule has 1 aliphatic heterocycles. The summed E-state index contributed by atoms with van der Waals surface area (Å²) in [4.78, 5) is 40.8. The molecule has 0 radical (unpaired) electrons. The smallest absolute Gasteiger partial charge is 0.312 e. The van der Waals surface area contributed by atoms with Crippen LogP contribution in [0.2, 0.25) is 0 Å². The van der Waals surface area contributed by atoms with Crippen LogP contribution in [0.15, 0.2) is 48.5 Å². The van der Waals surface area contributed by atoms with Gasteiger partial charge in [0.25, 0.3) is 0 Å². The van der Waals surface area contributed by atoms with Gasteiger partial charge in [-0.15, -0.1) is 0 Å². The maximum atomic E-state index is 13.1. The fourth-order valence-electron chi connectivity index (χ4n) is 3.62. The molecule has 30 heavy (non-hydrogen) atoms. The molecule has 158 valence electrons. The number of benzene rings is 2. The van der Waals surface area contributed by atoms with Crippen molar-refractivity contribution in [3.63, 3.8) is 0 Å². The minimum Gasteiger partial charge on any atom is -0.350 e. The lowest BCUT2D eigenvalue weighted by Crippen LogP contribution is -2.59. The maximum absolute atomic E-state index is 13.1. The lowest BCUT2D eigenvalue weighted by atomic mass is 10.1. The molecule has 1 heterocycles. The molecule has 3 amide bonds. The van der Waals surface area contributed by atoms with Crippen LogP contribution in [0, 0.1) is 12.7 Å². The van der Waals surface area contributed by atoms with Crippen LogP contribution in [0.3, 0.4) is 0 Å². The Hall–Kier alpha value is -3.22. The van der Waals surface area contributed by atoms with E-state index in [0.29, 0.717) is 19.5 Å². The highest BCUT2D eigenvalue weighted by molar-refractivity contribution is 6.35. The summed E-state index contributed by atoms with van der Waals surface area (Å²) in [6.45, 7) is 5.00. The maximum Gasteiger partial charge on any atom is 0.312 e. The standard InChI is InChI=1S/C23H26FN3O3/c1-3-20(21(28)25-14-18-6-4-5-16(2)13-18)27-12-11-26(22(29)23(27)30)15-17-7-9-19(24)10-8-17/h4-10,13,20H,3,11-12,14-15H2,1-2H3,(H,25,28)/t20-/m0/s1. The summed E-state index contributed by atoms with van der Waals surface area (Å²) in [6.07, 6.45) is 0.413. The third-order valence-corrected chi connectivity index (χ3v) is 5.24. The second kappa shape index (κ2) is 9.52. The molecule has 0 spiro atoms. The summed E-state index contributed by atoms with van der Waals surface area (Å²) in [5.41, 5.74) is 2.82. The zero-order chi connectivity index (χ0) is 21.7. The van der Waals surface area contributed by atoms with E-state index >= 15 is 0 Å². The van der Waals surface area contributed by atoms with Crippen molar-refractivity contribution in [2.45, 2.75) is 39.4 Å².